The molecule has 0 aliphatic rings. The molecule has 0 aliphatic heterocycles. The van der Waals surface area contributed by atoms with Gasteiger partial charge in [0.25, 0.3) is 0 Å². The summed E-state index contributed by atoms with van der Waals surface area (Å²) in [6.45, 7) is 3.66. The van der Waals surface area contributed by atoms with Crippen LogP contribution in [-0.4, -0.2) is 45.3 Å². The van der Waals surface area contributed by atoms with Crippen molar-refractivity contribution in [3.63, 3.8) is 0 Å². The van der Waals surface area contributed by atoms with Crippen LogP contribution in [0.25, 0.3) is 0 Å². The van der Waals surface area contributed by atoms with Crippen molar-refractivity contribution in [3.8, 4) is 0 Å². The Hall–Kier alpha value is -1.30. The van der Waals surface area contributed by atoms with E-state index in [4.69, 9.17) is 4.74 Å². The molecular formula is C11H23N3O3. The lowest BCUT2D eigenvalue weighted by atomic mass is 10.2. The number of unbranched alkanes of at least 4 members (excludes halogenated alkanes) is 2. The van der Waals surface area contributed by atoms with Crippen LogP contribution >= 0.6 is 0 Å². The molecule has 0 heterocycles. The Morgan fingerprint density at radius 1 is 1.06 bits per heavy atom. The van der Waals surface area contributed by atoms with Crippen LogP contribution in [0, 0.1) is 0 Å². The molecular weight excluding hydrogens is 222 g/mol. The van der Waals surface area contributed by atoms with Gasteiger partial charge in [-0.05, 0) is 6.42 Å². The fraction of sp³-hybridized carbons (Fsp3) is 0.818. The fourth-order valence-electron chi connectivity index (χ4n) is 1.15. The average molecular weight is 245 g/mol. The molecule has 0 bridgehead atoms. The van der Waals surface area contributed by atoms with Gasteiger partial charge in [-0.1, -0.05) is 19.8 Å². The van der Waals surface area contributed by atoms with Gasteiger partial charge in [-0.15, -0.1) is 0 Å². The summed E-state index contributed by atoms with van der Waals surface area (Å²) in [6.07, 6.45) is 3.17. The van der Waals surface area contributed by atoms with Gasteiger partial charge in [-0.25, -0.2) is 4.79 Å². The number of carbonyl (C=O) groups excluding carboxylic acids is 2. The van der Waals surface area contributed by atoms with Gasteiger partial charge < -0.3 is 20.7 Å². The predicted octanol–water partition coefficient (Wildman–Crippen LogP) is 0.238. The van der Waals surface area contributed by atoms with Gasteiger partial charge in [0.05, 0.1) is 13.2 Å². The molecule has 0 fully saturated rings. The van der Waals surface area contributed by atoms with E-state index in [1.165, 1.54) is 0 Å². The molecule has 0 atom stereocenters. The summed E-state index contributed by atoms with van der Waals surface area (Å²) in [6, 6.07) is -0.303. The van der Waals surface area contributed by atoms with E-state index in [2.05, 4.69) is 22.9 Å². The minimum Gasteiger partial charge on any atom is -0.383 e. The Morgan fingerprint density at radius 2 is 1.82 bits per heavy atom. The van der Waals surface area contributed by atoms with Crippen molar-refractivity contribution in [2.45, 2.75) is 26.2 Å². The van der Waals surface area contributed by atoms with Gasteiger partial charge in [0.2, 0.25) is 5.91 Å². The van der Waals surface area contributed by atoms with Gasteiger partial charge in [0.1, 0.15) is 0 Å². The van der Waals surface area contributed by atoms with Crippen LogP contribution in [0.15, 0.2) is 0 Å². The minimum absolute atomic E-state index is 0.0106. The predicted molar refractivity (Wildman–Crippen MR) is 65.8 cm³/mol. The number of carbonyl (C=O) groups is 2. The van der Waals surface area contributed by atoms with Crippen molar-refractivity contribution in [2.24, 2.45) is 0 Å². The van der Waals surface area contributed by atoms with Crippen molar-refractivity contribution in [1.82, 2.24) is 16.0 Å². The van der Waals surface area contributed by atoms with E-state index in [1.807, 2.05) is 0 Å². The van der Waals surface area contributed by atoms with Crippen LogP contribution in [0.3, 0.4) is 0 Å². The molecule has 17 heavy (non-hydrogen) atoms. The number of nitrogens with one attached hydrogen (secondary N) is 3. The Morgan fingerprint density at radius 3 is 2.47 bits per heavy atom. The third-order valence-electron chi connectivity index (χ3n) is 2.10. The fourth-order valence-corrected chi connectivity index (χ4v) is 1.15. The number of methoxy groups -OCH3 is 1. The Bertz CT molecular complexity index is 222. The smallest absolute Gasteiger partial charge is 0.315 e. The van der Waals surface area contributed by atoms with Gasteiger partial charge in [0, 0.05) is 20.2 Å². The third-order valence-corrected chi connectivity index (χ3v) is 2.10. The van der Waals surface area contributed by atoms with E-state index in [0.717, 1.165) is 19.3 Å². The SMILES string of the molecule is CCCCCNC(=O)NCC(=O)NCCOC. The molecule has 3 amide bonds. The molecule has 0 saturated carbocycles. The van der Waals surface area contributed by atoms with E-state index in [9.17, 15) is 9.59 Å². The summed E-state index contributed by atoms with van der Waals surface area (Å²) in [5.74, 6) is -0.217. The van der Waals surface area contributed by atoms with Crippen molar-refractivity contribution in [3.05, 3.63) is 0 Å². The van der Waals surface area contributed by atoms with Crippen LogP contribution in [0.5, 0.6) is 0 Å². The van der Waals surface area contributed by atoms with Crippen molar-refractivity contribution >= 4 is 11.9 Å². The summed E-state index contributed by atoms with van der Waals surface area (Å²) in [4.78, 5) is 22.4. The van der Waals surface area contributed by atoms with Crippen LogP contribution in [0.4, 0.5) is 4.79 Å². The number of ether oxygens (including phenoxy) is 1. The highest BCUT2D eigenvalue weighted by Crippen LogP contribution is 1.90. The zero-order valence-corrected chi connectivity index (χ0v) is 10.7. The van der Waals surface area contributed by atoms with Gasteiger partial charge >= 0.3 is 6.03 Å². The average Bonchev–Trinajstić information content (AvgIpc) is 2.32. The van der Waals surface area contributed by atoms with Gasteiger partial charge in [0.15, 0.2) is 0 Å². The molecule has 0 rings (SSSR count). The Labute approximate surface area is 102 Å². The summed E-state index contributed by atoms with van der Waals surface area (Å²) in [5.41, 5.74) is 0. The zero-order valence-electron chi connectivity index (χ0n) is 10.7. The summed E-state index contributed by atoms with van der Waals surface area (Å²) in [5, 5.41) is 7.78. The molecule has 0 radical (unpaired) electrons. The maximum Gasteiger partial charge on any atom is 0.315 e. The Balaban J connectivity index is 3.39. The zero-order chi connectivity index (χ0) is 12.9. The second kappa shape index (κ2) is 11.2. The number of urea groups is 1. The molecule has 0 aromatic rings. The second-order valence-electron chi connectivity index (χ2n) is 3.66. The summed E-state index contributed by atoms with van der Waals surface area (Å²) < 4.78 is 4.78. The topological polar surface area (TPSA) is 79.5 Å². The van der Waals surface area contributed by atoms with Gasteiger partial charge in [-0.3, -0.25) is 4.79 Å². The molecule has 0 aromatic carbocycles. The standard InChI is InChI=1S/C11H23N3O3/c1-3-4-5-6-13-11(16)14-9-10(15)12-7-8-17-2/h3-9H2,1-2H3,(H,12,15)(H2,13,14,16). The van der Waals surface area contributed by atoms with E-state index < -0.39 is 0 Å². The monoisotopic (exact) mass is 245 g/mol. The highest BCUT2D eigenvalue weighted by Gasteiger charge is 2.03. The molecule has 0 spiro atoms. The van der Waals surface area contributed by atoms with E-state index in [-0.39, 0.29) is 18.5 Å². The lowest BCUT2D eigenvalue weighted by Crippen LogP contribution is -2.42. The minimum atomic E-state index is -0.303. The van der Waals surface area contributed by atoms with E-state index in [1.54, 1.807) is 7.11 Å². The molecule has 0 saturated heterocycles. The lowest BCUT2D eigenvalue weighted by Gasteiger charge is -2.07. The first-order valence-corrected chi connectivity index (χ1v) is 5.98. The number of rotatable bonds is 9. The Kier molecular flexibility index (Phi) is 10.3. The molecule has 100 valence electrons. The van der Waals surface area contributed by atoms with E-state index in [0.29, 0.717) is 19.7 Å². The van der Waals surface area contributed by atoms with Crippen LogP contribution < -0.4 is 16.0 Å². The first kappa shape index (κ1) is 15.7. The second-order valence-corrected chi connectivity index (χ2v) is 3.66. The van der Waals surface area contributed by atoms with Crippen molar-refractivity contribution in [2.75, 3.05) is 33.4 Å². The lowest BCUT2D eigenvalue weighted by molar-refractivity contribution is -0.120. The van der Waals surface area contributed by atoms with E-state index >= 15 is 0 Å². The third kappa shape index (κ3) is 11.0. The number of hydrogen-bond acceptors (Lipinski definition) is 3. The molecule has 6 nitrogen and oxygen atoms in total. The molecule has 6 heteroatoms. The first-order chi connectivity index (χ1) is 8.20. The molecule has 0 unspecified atom stereocenters. The largest absolute Gasteiger partial charge is 0.383 e. The van der Waals surface area contributed by atoms with Crippen LogP contribution in [0.1, 0.15) is 26.2 Å². The molecule has 0 aliphatic carbocycles. The van der Waals surface area contributed by atoms with Crippen molar-refractivity contribution in [1.29, 1.82) is 0 Å². The van der Waals surface area contributed by atoms with Crippen molar-refractivity contribution < 1.29 is 14.3 Å². The first-order valence-electron chi connectivity index (χ1n) is 5.98. The van der Waals surface area contributed by atoms with Crippen LogP contribution in [0.2, 0.25) is 0 Å². The van der Waals surface area contributed by atoms with Crippen LogP contribution in [-0.2, 0) is 9.53 Å². The quantitative estimate of drug-likeness (QED) is 0.509. The molecule has 3 N–H and O–H groups in total. The number of amides is 3. The maximum absolute atomic E-state index is 11.2. The maximum atomic E-state index is 11.2. The summed E-state index contributed by atoms with van der Waals surface area (Å²) >= 11 is 0. The highest BCUT2D eigenvalue weighted by atomic mass is 16.5. The normalized spacial score (nSPS) is 9.76. The number of hydrogen-bond donors (Lipinski definition) is 3. The van der Waals surface area contributed by atoms with Gasteiger partial charge in [-0.2, -0.15) is 0 Å². The molecule has 0 aromatic heterocycles. The highest BCUT2D eigenvalue weighted by molar-refractivity contribution is 5.83. The summed E-state index contributed by atoms with van der Waals surface area (Å²) in [7, 11) is 1.56.